The highest BCUT2D eigenvalue weighted by molar-refractivity contribution is 7.90. The zero-order valence-corrected chi connectivity index (χ0v) is 22.0. The molecule has 3 aromatic rings. The molecule has 192 valence electrons. The molecule has 0 saturated carbocycles. The van der Waals surface area contributed by atoms with Crippen LogP contribution in [0.3, 0.4) is 0 Å². The molecule has 0 radical (unpaired) electrons. The van der Waals surface area contributed by atoms with E-state index in [2.05, 4.69) is 9.71 Å². The number of sulfonamides is 1. The lowest BCUT2D eigenvalue weighted by Gasteiger charge is -2.20. The molecule has 0 unspecified atom stereocenters. The Balaban J connectivity index is 2.02. The van der Waals surface area contributed by atoms with Crippen LogP contribution in [0.5, 0.6) is 5.88 Å². The molecule has 0 atom stereocenters. The van der Waals surface area contributed by atoms with E-state index in [0.29, 0.717) is 39.3 Å². The maximum Gasteiger partial charge on any atom is 0.264 e. The van der Waals surface area contributed by atoms with Crippen molar-refractivity contribution in [3.63, 3.8) is 0 Å². The monoisotopic (exact) mass is 514 g/mol. The number of aromatic nitrogens is 1. The molecule has 3 rings (SSSR count). The van der Waals surface area contributed by atoms with Crippen molar-refractivity contribution >= 4 is 15.9 Å². The summed E-state index contributed by atoms with van der Waals surface area (Å²) in [5.41, 5.74) is 1.70. The molecule has 2 aromatic carbocycles. The third-order valence-electron chi connectivity index (χ3n) is 5.90. The molecule has 0 aliphatic rings. The molecule has 0 saturated heterocycles. The van der Waals surface area contributed by atoms with Gasteiger partial charge in [-0.3, -0.25) is 4.79 Å². The standard InChI is InChI=1S/C27H31FN2O5S/c1-16(2)21-13-20(28)14-22(18-9-10-29-26(11-18)35-6)23(21)15-25(31)30-36(33,34)24-12-19(27(4,5)32)8-7-17(24)3/h7-14,16,32H,15H2,1-6H3,(H,30,31). The molecule has 0 fully saturated rings. The molecule has 1 amide bonds. The van der Waals surface area contributed by atoms with Gasteiger partial charge in [0.2, 0.25) is 11.8 Å². The van der Waals surface area contributed by atoms with Crippen LogP contribution in [0.1, 0.15) is 55.9 Å². The average molecular weight is 515 g/mol. The molecule has 36 heavy (non-hydrogen) atoms. The molecule has 9 heteroatoms. The Bertz CT molecular complexity index is 1400. The molecular formula is C27H31FN2O5S. The number of hydrogen-bond donors (Lipinski definition) is 2. The smallest absolute Gasteiger partial charge is 0.264 e. The second-order valence-electron chi connectivity index (χ2n) is 9.51. The van der Waals surface area contributed by atoms with Crippen molar-refractivity contribution in [2.24, 2.45) is 0 Å². The van der Waals surface area contributed by atoms with Gasteiger partial charge in [-0.05, 0) is 84.3 Å². The highest BCUT2D eigenvalue weighted by Gasteiger charge is 2.26. The van der Waals surface area contributed by atoms with Gasteiger partial charge in [-0.1, -0.05) is 26.0 Å². The fraction of sp³-hybridized carbons (Fsp3) is 0.333. The number of pyridine rings is 1. The Hall–Kier alpha value is -3.30. The number of methoxy groups -OCH3 is 1. The molecule has 1 heterocycles. The molecule has 0 spiro atoms. The number of nitrogens with zero attached hydrogens (tertiary/aromatic N) is 1. The number of ether oxygens (including phenoxy) is 1. The normalized spacial score (nSPS) is 12.0. The van der Waals surface area contributed by atoms with Gasteiger partial charge < -0.3 is 9.84 Å². The fourth-order valence-corrected chi connectivity index (χ4v) is 5.24. The van der Waals surface area contributed by atoms with E-state index in [1.807, 2.05) is 13.8 Å². The number of nitrogens with one attached hydrogen (secondary N) is 1. The predicted molar refractivity (Wildman–Crippen MR) is 136 cm³/mol. The van der Waals surface area contributed by atoms with Gasteiger partial charge in [0.1, 0.15) is 5.82 Å². The van der Waals surface area contributed by atoms with Crippen molar-refractivity contribution in [2.75, 3.05) is 7.11 Å². The summed E-state index contributed by atoms with van der Waals surface area (Å²) in [5.74, 6) is -1.05. The first kappa shape index (κ1) is 27.3. The first-order chi connectivity index (χ1) is 16.7. The minimum atomic E-state index is -4.24. The number of aliphatic hydroxyl groups is 1. The quantitative estimate of drug-likeness (QED) is 0.455. The number of carbonyl (C=O) groups is 1. The molecule has 7 nitrogen and oxygen atoms in total. The van der Waals surface area contributed by atoms with E-state index >= 15 is 0 Å². The highest BCUT2D eigenvalue weighted by atomic mass is 32.2. The van der Waals surface area contributed by atoms with Crippen LogP contribution in [0, 0.1) is 12.7 Å². The van der Waals surface area contributed by atoms with Gasteiger partial charge in [0.05, 0.1) is 24.0 Å². The number of benzene rings is 2. The summed E-state index contributed by atoms with van der Waals surface area (Å²) in [6.45, 7) is 8.44. The summed E-state index contributed by atoms with van der Waals surface area (Å²) in [5, 5.41) is 10.3. The topological polar surface area (TPSA) is 106 Å². The Kier molecular flexibility index (Phi) is 7.85. The molecule has 0 aliphatic carbocycles. The number of aryl methyl sites for hydroxylation is 1. The van der Waals surface area contributed by atoms with Crippen LogP contribution in [0.15, 0.2) is 53.6 Å². The van der Waals surface area contributed by atoms with Gasteiger partial charge in [0.15, 0.2) is 0 Å². The number of halogens is 1. The van der Waals surface area contributed by atoms with Crippen LogP contribution in [0.2, 0.25) is 0 Å². The summed E-state index contributed by atoms with van der Waals surface area (Å²) in [4.78, 5) is 17.1. The average Bonchev–Trinajstić information content (AvgIpc) is 2.78. The maximum atomic E-state index is 14.6. The Labute approximate surface area is 211 Å². The van der Waals surface area contributed by atoms with Gasteiger partial charge in [0.25, 0.3) is 10.0 Å². The zero-order valence-electron chi connectivity index (χ0n) is 21.2. The van der Waals surface area contributed by atoms with Crippen LogP contribution in [-0.2, 0) is 26.8 Å². The SMILES string of the molecule is COc1cc(-c2cc(F)cc(C(C)C)c2CC(=O)NS(=O)(=O)c2cc(C(C)(C)O)ccc2C)ccn1. The Morgan fingerprint density at radius 3 is 2.47 bits per heavy atom. The maximum absolute atomic E-state index is 14.6. The lowest BCUT2D eigenvalue weighted by molar-refractivity contribution is -0.118. The number of carbonyl (C=O) groups excluding carboxylic acids is 1. The van der Waals surface area contributed by atoms with Crippen molar-refractivity contribution < 1.29 is 27.4 Å². The second-order valence-corrected chi connectivity index (χ2v) is 11.2. The molecule has 0 aliphatic heterocycles. The van der Waals surface area contributed by atoms with Crippen LogP contribution >= 0.6 is 0 Å². The minimum absolute atomic E-state index is 0.0993. The summed E-state index contributed by atoms with van der Waals surface area (Å²) < 4.78 is 48.2. The van der Waals surface area contributed by atoms with Gasteiger partial charge >= 0.3 is 0 Å². The van der Waals surface area contributed by atoms with Crippen molar-refractivity contribution in [1.82, 2.24) is 9.71 Å². The third kappa shape index (κ3) is 6.09. The summed E-state index contributed by atoms with van der Waals surface area (Å²) in [6, 6.07) is 10.6. The molecular weight excluding hydrogens is 483 g/mol. The third-order valence-corrected chi connectivity index (χ3v) is 7.41. The lowest BCUT2D eigenvalue weighted by Crippen LogP contribution is -2.33. The summed E-state index contributed by atoms with van der Waals surface area (Å²) >= 11 is 0. The number of hydrogen-bond acceptors (Lipinski definition) is 6. The molecule has 2 N–H and O–H groups in total. The van der Waals surface area contributed by atoms with Crippen LogP contribution in [-0.4, -0.2) is 31.5 Å². The van der Waals surface area contributed by atoms with Crippen molar-refractivity contribution in [3.8, 4) is 17.0 Å². The van der Waals surface area contributed by atoms with Gasteiger partial charge in [-0.15, -0.1) is 0 Å². The number of rotatable bonds is 8. The fourth-order valence-electron chi connectivity index (χ4n) is 3.99. The van der Waals surface area contributed by atoms with Crippen molar-refractivity contribution in [1.29, 1.82) is 0 Å². The number of amides is 1. The van der Waals surface area contributed by atoms with Gasteiger partial charge in [0, 0.05) is 12.3 Å². The Morgan fingerprint density at radius 2 is 1.86 bits per heavy atom. The minimum Gasteiger partial charge on any atom is -0.481 e. The van der Waals surface area contributed by atoms with E-state index < -0.39 is 27.3 Å². The van der Waals surface area contributed by atoms with E-state index in [1.54, 1.807) is 45.0 Å². The van der Waals surface area contributed by atoms with Crippen LogP contribution < -0.4 is 9.46 Å². The van der Waals surface area contributed by atoms with Gasteiger partial charge in [-0.25, -0.2) is 22.5 Å². The van der Waals surface area contributed by atoms with Crippen molar-refractivity contribution in [3.05, 3.63) is 76.7 Å². The zero-order chi connectivity index (χ0) is 26.8. The molecule has 1 aromatic heterocycles. The summed E-state index contributed by atoms with van der Waals surface area (Å²) in [6.07, 6.45) is 1.22. The first-order valence-electron chi connectivity index (χ1n) is 11.4. The lowest BCUT2D eigenvalue weighted by atomic mass is 9.88. The summed E-state index contributed by atoms with van der Waals surface area (Å²) in [7, 11) is -2.77. The highest BCUT2D eigenvalue weighted by Crippen LogP contribution is 2.33. The predicted octanol–water partition coefficient (Wildman–Crippen LogP) is 4.60. The first-order valence-corrected chi connectivity index (χ1v) is 12.9. The van der Waals surface area contributed by atoms with E-state index in [1.165, 1.54) is 31.5 Å². The van der Waals surface area contributed by atoms with E-state index in [4.69, 9.17) is 4.74 Å². The van der Waals surface area contributed by atoms with Crippen LogP contribution in [0.25, 0.3) is 11.1 Å². The Morgan fingerprint density at radius 1 is 1.17 bits per heavy atom. The molecule has 0 bridgehead atoms. The van der Waals surface area contributed by atoms with E-state index in [-0.39, 0.29) is 17.2 Å². The largest absolute Gasteiger partial charge is 0.481 e. The van der Waals surface area contributed by atoms with Crippen molar-refractivity contribution in [2.45, 2.75) is 57.5 Å². The van der Waals surface area contributed by atoms with E-state index in [0.717, 1.165) is 0 Å². The van der Waals surface area contributed by atoms with E-state index in [9.17, 15) is 22.7 Å². The second kappa shape index (κ2) is 10.4. The van der Waals surface area contributed by atoms with Crippen LogP contribution in [0.4, 0.5) is 4.39 Å². The van der Waals surface area contributed by atoms with Gasteiger partial charge in [-0.2, -0.15) is 0 Å².